The largest absolute Gasteiger partial charge is 0.507 e. The molecule has 4 rings (SSSR count). The van der Waals surface area contributed by atoms with Crippen LogP contribution in [0.25, 0.3) is 10.4 Å². The Morgan fingerprint density at radius 2 is 1.36 bits per heavy atom. The minimum absolute atomic E-state index is 0.511. The molecule has 3 nitrogen and oxygen atoms in total. The van der Waals surface area contributed by atoms with E-state index in [1.807, 2.05) is 0 Å². The number of phenolic OH excluding ortho intramolecular Hbond substituents is 1. The molecule has 0 amide bonds. The molecule has 2 fully saturated rings. The van der Waals surface area contributed by atoms with Crippen LogP contribution in [0, 0.1) is 10.7 Å². The maximum absolute atomic E-state index is 11.1. The fraction of sp³-hybridized carbons (Fsp3) is 0.591. The molecule has 0 unspecified atom stereocenters. The van der Waals surface area contributed by atoms with Gasteiger partial charge in [0.2, 0.25) is 0 Å². The Bertz CT molecular complexity index is 820. The molecule has 0 atom stereocenters. The molecule has 0 aliphatic carbocycles. The lowest BCUT2D eigenvalue weighted by Gasteiger charge is -2.29. The molecule has 0 bridgehead atoms. The number of phenols is 1. The predicted octanol–water partition coefficient (Wildman–Crippen LogP) is 6.19. The van der Waals surface area contributed by atoms with Crippen LogP contribution in [0.15, 0.2) is 12.1 Å². The molecular formula is C22H30N2OS3. The molecule has 1 aromatic carbocycles. The lowest BCUT2D eigenvalue weighted by Crippen LogP contribution is -2.30. The second-order valence-corrected chi connectivity index (χ2v) is 11.0. The lowest BCUT2D eigenvalue weighted by atomic mass is 9.99. The van der Waals surface area contributed by atoms with E-state index < -0.39 is 0 Å². The van der Waals surface area contributed by atoms with E-state index in [0.29, 0.717) is 5.75 Å². The number of hydrogen-bond donors (Lipinski definition) is 1. The van der Waals surface area contributed by atoms with Gasteiger partial charge >= 0.3 is 0 Å². The van der Waals surface area contributed by atoms with Gasteiger partial charge in [-0.1, -0.05) is 45.7 Å². The lowest BCUT2D eigenvalue weighted by molar-refractivity contribution is 0.213. The van der Waals surface area contributed by atoms with Crippen molar-refractivity contribution in [3.8, 4) is 16.2 Å². The maximum atomic E-state index is 11.1. The zero-order chi connectivity index (χ0) is 19.5. The van der Waals surface area contributed by atoms with Gasteiger partial charge in [0.05, 0.1) is 4.88 Å². The van der Waals surface area contributed by atoms with Crippen molar-refractivity contribution >= 4 is 32.9 Å². The van der Waals surface area contributed by atoms with Crippen molar-refractivity contribution in [3.05, 3.63) is 32.6 Å². The molecule has 2 saturated heterocycles. The molecule has 0 saturated carbocycles. The van der Waals surface area contributed by atoms with Crippen molar-refractivity contribution < 1.29 is 5.11 Å². The highest BCUT2D eigenvalue weighted by Gasteiger charge is 2.20. The van der Waals surface area contributed by atoms with Gasteiger partial charge in [-0.05, 0) is 82.0 Å². The topological polar surface area (TPSA) is 26.7 Å². The summed E-state index contributed by atoms with van der Waals surface area (Å²) in [6.45, 7) is 8.39. The van der Waals surface area contributed by atoms with E-state index in [9.17, 15) is 5.11 Å². The second-order valence-electron chi connectivity index (χ2n) is 8.22. The van der Waals surface area contributed by atoms with Crippen molar-refractivity contribution in [2.45, 2.75) is 58.5 Å². The number of likely N-dealkylation sites (tertiary alicyclic amines) is 2. The van der Waals surface area contributed by atoms with Gasteiger partial charge in [0.25, 0.3) is 0 Å². The minimum atomic E-state index is 0.511. The van der Waals surface area contributed by atoms with Gasteiger partial charge < -0.3 is 5.11 Å². The molecule has 0 radical (unpaired) electrons. The van der Waals surface area contributed by atoms with Crippen LogP contribution in [0.5, 0.6) is 5.75 Å². The third kappa shape index (κ3) is 4.68. The number of nitrogens with zero attached hydrogens (tertiary/aromatic N) is 2. The minimum Gasteiger partial charge on any atom is -0.507 e. The van der Waals surface area contributed by atoms with Gasteiger partial charge in [0, 0.05) is 24.2 Å². The molecule has 1 aromatic heterocycles. The highest BCUT2D eigenvalue weighted by molar-refractivity contribution is 7.80. The first kappa shape index (κ1) is 20.5. The van der Waals surface area contributed by atoms with Crippen molar-refractivity contribution in [1.82, 2.24) is 9.80 Å². The Morgan fingerprint density at radius 1 is 0.857 bits per heavy atom. The predicted molar refractivity (Wildman–Crippen MR) is 123 cm³/mol. The Kier molecular flexibility index (Phi) is 6.84. The van der Waals surface area contributed by atoms with E-state index in [1.165, 1.54) is 54.5 Å². The third-order valence-corrected chi connectivity index (χ3v) is 9.43. The van der Waals surface area contributed by atoms with Crippen LogP contribution in [0.4, 0.5) is 0 Å². The van der Waals surface area contributed by atoms with E-state index in [2.05, 4.69) is 28.9 Å². The Morgan fingerprint density at radius 3 is 1.79 bits per heavy atom. The van der Waals surface area contributed by atoms with Crippen LogP contribution in [-0.2, 0) is 13.1 Å². The number of hydrogen-bond acceptors (Lipinski definition) is 6. The molecule has 3 heterocycles. The second kappa shape index (κ2) is 9.35. The molecule has 152 valence electrons. The average molecular weight is 435 g/mol. The summed E-state index contributed by atoms with van der Waals surface area (Å²) in [6, 6.07) is 4.42. The summed E-state index contributed by atoms with van der Waals surface area (Å²) in [5.41, 5.74) is 4.60. The van der Waals surface area contributed by atoms with Crippen LogP contribution in [-0.4, -0.2) is 41.1 Å². The van der Waals surface area contributed by atoms with Gasteiger partial charge in [0.15, 0.2) is 0 Å². The van der Waals surface area contributed by atoms with Crippen LogP contribution in [0.3, 0.4) is 0 Å². The number of aromatic hydroxyl groups is 1. The monoisotopic (exact) mass is 434 g/mol. The van der Waals surface area contributed by atoms with Gasteiger partial charge in [-0.3, -0.25) is 9.80 Å². The fourth-order valence-electron chi connectivity index (χ4n) is 4.41. The van der Waals surface area contributed by atoms with Crippen molar-refractivity contribution in [1.29, 1.82) is 0 Å². The zero-order valence-electron chi connectivity index (χ0n) is 16.7. The summed E-state index contributed by atoms with van der Waals surface area (Å²) in [6.07, 6.45) is 7.75. The molecular weight excluding hydrogens is 404 g/mol. The number of rotatable bonds is 5. The van der Waals surface area contributed by atoms with Crippen LogP contribution in [0.1, 0.15) is 55.2 Å². The Balaban J connectivity index is 1.68. The Labute approximate surface area is 181 Å². The quantitative estimate of drug-likeness (QED) is 0.448. The Hall–Kier alpha value is -0.790. The van der Waals surface area contributed by atoms with Gasteiger partial charge in [-0.25, -0.2) is 0 Å². The summed E-state index contributed by atoms with van der Waals surface area (Å²) < 4.78 is 0.989. The summed E-state index contributed by atoms with van der Waals surface area (Å²) in [4.78, 5) is 6.26. The first-order valence-electron chi connectivity index (χ1n) is 10.5. The molecule has 2 aliphatic heterocycles. The van der Waals surface area contributed by atoms with Gasteiger partial charge in [-0.15, -0.1) is 0 Å². The van der Waals surface area contributed by atoms with E-state index in [1.54, 1.807) is 20.7 Å². The molecule has 2 aliphatic rings. The number of piperidine rings is 2. The molecule has 1 N–H and O–H groups in total. The van der Waals surface area contributed by atoms with Crippen molar-refractivity contribution in [3.63, 3.8) is 0 Å². The van der Waals surface area contributed by atoms with Gasteiger partial charge in [0.1, 0.15) is 9.57 Å². The molecule has 28 heavy (non-hydrogen) atoms. The summed E-state index contributed by atoms with van der Waals surface area (Å²) in [7, 11) is 3.46. The summed E-state index contributed by atoms with van der Waals surface area (Å²) in [5.74, 6) is 0.511. The van der Waals surface area contributed by atoms with Gasteiger partial charge in [-0.2, -0.15) is 0 Å². The van der Waals surface area contributed by atoms with E-state index in [4.69, 9.17) is 12.2 Å². The highest BCUT2D eigenvalue weighted by atomic mass is 32.9. The highest BCUT2D eigenvalue weighted by Crippen LogP contribution is 2.38. The first-order valence-corrected chi connectivity index (χ1v) is 13.1. The molecule has 6 heteroatoms. The third-order valence-electron chi connectivity index (χ3n) is 6.06. The summed E-state index contributed by atoms with van der Waals surface area (Å²) in [5, 5.41) is 11.1. The van der Waals surface area contributed by atoms with Crippen LogP contribution < -0.4 is 0 Å². The van der Waals surface area contributed by atoms with E-state index in [-0.39, 0.29) is 0 Å². The molecule has 0 spiro atoms. The van der Waals surface area contributed by atoms with Crippen molar-refractivity contribution in [2.75, 3.05) is 26.2 Å². The smallest absolute Gasteiger partial charge is 0.124 e. The van der Waals surface area contributed by atoms with Crippen molar-refractivity contribution in [2.24, 2.45) is 0 Å². The normalized spacial score (nSPS) is 19.2. The zero-order valence-corrected chi connectivity index (χ0v) is 19.2. The van der Waals surface area contributed by atoms with E-state index in [0.717, 1.165) is 54.2 Å². The number of benzene rings is 1. The maximum Gasteiger partial charge on any atom is 0.124 e. The SMILES string of the molecule is Cc1c(-c2cc(CN3CCCCC3)c(O)c(CN3CCCCC3)c2)ssc1=S. The van der Waals surface area contributed by atoms with Crippen LogP contribution in [0.2, 0.25) is 0 Å². The first-order chi connectivity index (χ1) is 13.6. The summed E-state index contributed by atoms with van der Waals surface area (Å²) >= 11 is 5.49. The van der Waals surface area contributed by atoms with E-state index >= 15 is 0 Å². The standard InChI is InChI=1S/C22H30N2OS3/c1-16-21(27-28-22(16)26)17-12-18(14-23-8-4-2-5-9-23)20(25)19(13-17)15-24-10-6-3-7-11-24/h12-13,25H,2-11,14-15H2,1H3. The molecule has 2 aromatic rings. The fourth-order valence-corrected chi connectivity index (χ4v) is 7.29. The van der Waals surface area contributed by atoms with Crippen LogP contribution >= 0.6 is 32.9 Å². The average Bonchev–Trinajstić information content (AvgIpc) is 3.05.